The zero-order chi connectivity index (χ0) is 17.4. The lowest BCUT2D eigenvalue weighted by atomic mass is 10.1. The van der Waals surface area contributed by atoms with E-state index >= 15 is 0 Å². The van der Waals surface area contributed by atoms with E-state index in [9.17, 15) is 13.2 Å². The Morgan fingerprint density at radius 1 is 1.43 bits per heavy atom. The first kappa shape index (κ1) is 17.3. The highest BCUT2D eigenvalue weighted by molar-refractivity contribution is 7.90. The van der Waals surface area contributed by atoms with E-state index in [1.54, 1.807) is 20.0 Å². The Balaban J connectivity index is 2.48. The lowest BCUT2D eigenvalue weighted by Gasteiger charge is -2.13. The molecule has 1 aromatic carbocycles. The molecule has 0 aliphatic carbocycles. The number of aromatic nitrogens is 2. The highest BCUT2D eigenvalue weighted by Crippen LogP contribution is 2.29. The zero-order valence-electron chi connectivity index (χ0n) is 12.7. The quantitative estimate of drug-likeness (QED) is 0.878. The number of ether oxygens (including phenoxy) is 1. The molecule has 1 aromatic heterocycles. The number of carboxylic acid groups (broad SMARTS) is 1. The van der Waals surface area contributed by atoms with Crippen LogP contribution in [-0.2, 0) is 23.5 Å². The number of nitrogens with zero attached hydrogens (tertiary/aromatic N) is 2. The third kappa shape index (κ3) is 3.65. The average molecular weight is 359 g/mol. The normalized spacial score (nSPS) is 11.5. The smallest absolute Gasteiger partial charge is 0.337 e. The summed E-state index contributed by atoms with van der Waals surface area (Å²) in [5, 5.41) is 13.1. The monoisotopic (exact) mass is 358 g/mol. The van der Waals surface area contributed by atoms with Crippen LogP contribution in [0.15, 0.2) is 23.1 Å². The minimum Gasteiger partial charge on any atom is -0.478 e. The first-order valence-electron chi connectivity index (χ1n) is 6.49. The van der Waals surface area contributed by atoms with Crippen LogP contribution in [0.4, 0.5) is 0 Å². The summed E-state index contributed by atoms with van der Waals surface area (Å²) in [6.45, 7) is 1.59. The minimum absolute atomic E-state index is 0.0635. The number of benzene rings is 1. The number of hydrogen-bond acceptors (Lipinski definition) is 5. The Hall–Kier alpha value is -2.06. The van der Waals surface area contributed by atoms with Crippen LogP contribution in [0.2, 0.25) is 5.02 Å². The third-order valence-corrected chi connectivity index (χ3v) is 4.77. The molecule has 0 bridgehead atoms. The topological polar surface area (TPSA) is 98.5 Å². The standard InChI is InChI=1S/C14H15ClN2O5S/c1-8-6-12(17(2)16-8)22-7-10-11(23(3,20)21)5-4-9(13(10)15)14(18)19/h4-6H,7H2,1-3H3,(H,18,19). The van der Waals surface area contributed by atoms with Crippen LogP contribution in [0.25, 0.3) is 0 Å². The van der Waals surface area contributed by atoms with Crippen molar-refractivity contribution in [2.75, 3.05) is 6.26 Å². The molecule has 9 heteroatoms. The van der Waals surface area contributed by atoms with Gasteiger partial charge in [0.15, 0.2) is 9.84 Å². The van der Waals surface area contributed by atoms with Crippen molar-refractivity contribution in [2.24, 2.45) is 7.05 Å². The van der Waals surface area contributed by atoms with Crippen LogP contribution in [0.3, 0.4) is 0 Å². The molecule has 0 radical (unpaired) electrons. The SMILES string of the molecule is Cc1cc(OCc2c(S(C)(=O)=O)ccc(C(=O)O)c2Cl)n(C)n1. The summed E-state index contributed by atoms with van der Waals surface area (Å²) in [5.41, 5.74) is 0.656. The molecule has 0 aliphatic heterocycles. The fourth-order valence-electron chi connectivity index (χ4n) is 2.12. The van der Waals surface area contributed by atoms with Gasteiger partial charge in [-0.2, -0.15) is 5.10 Å². The molecule has 0 saturated heterocycles. The van der Waals surface area contributed by atoms with E-state index in [1.807, 2.05) is 0 Å². The highest BCUT2D eigenvalue weighted by atomic mass is 35.5. The van der Waals surface area contributed by atoms with Crippen molar-refractivity contribution >= 4 is 27.4 Å². The molecule has 0 atom stereocenters. The van der Waals surface area contributed by atoms with Crippen molar-refractivity contribution in [3.8, 4) is 5.88 Å². The number of carbonyl (C=O) groups is 1. The molecule has 0 spiro atoms. The van der Waals surface area contributed by atoms with E-state index in [2.05, 4.69) is 5.10 Å². The van der Waals surface area contributed by atoms with Crippen molar-refractivity contribution < 1.29 is 23.1 Å². The second kappa shape index (κ2) is 6.21. The minimum atomic E-state index is -3.59. The molecule has 0 amide bonds. The van der Waals surface area contributed by atoms with Crippen molar-refractivity contribution in [1.82, 2.24) is 9.78 Å². The summed E-state index contributed by atoms with van der Waals surface area (Å²) in [5.74, 6) is -0.827. The number of hydrogen-bond donors (Lipinski definition) is 1. The predicted octanol–water partition coefficient (Wildman–Crippen LogP) is 2.06. The van der Waals surface area contributed by atoms with Gasteiger partial charge in [-0.1, -0.05) is 11.6 Å². The predicted molar refractivity (Wildman–Crippen MR) is 83.8 cm³/mol. The van der Waals surface area contributed by atoms with E-state index in [0.29, 0.717) is 5.88 Å². The number of aromatic carboxylic acids is 1. The Kier molecular flexibility index (Phi) is 4.67. The largest absolute Gasteiger partial charge is 0.478 e. The average Bonchev–Trinajstić information content (AvgIpc) is 2.73. The second-order valence-electron chi connectivity index (χ2n) is 5.02. The van der Waals surface area contributed by atoms with E-state index in [4.69, 9.17) is 21.4 Å². The first-order valence-corrected chi connectivity index (χ1v) is 8.76. The van der Waals surface area contributed by atoms with Crippen LogP contribution >= 0.6 is 11.6 Å². The summed E-state index contributed by atoms with van der Waals surface area (Å²) >= 11 is 6.08. The summed E-state index contributed by atoms with van der Waals surface area (Å²) in [4.78, 5) is 11.1. The van der Waals surface area contributed by atoms with E-state index < -0.39 is 15.8 Å². The van der Waals surface area contributed by atoms with Crippen LogP contribution in [0.5, 0.6) is 5.88 Å². The molecule has 0 aliphatic rings. The van der Waals surface area contributed by atoms with Gasteiger partial charge in [-0.25, -0.2) is 17.9 Å². The van der Waals surface area contributed by atoms with Gasteiger partial charge >= 0.3 is 5.97 Å². The van der Waals surface area contributed by atoms with Gasteiger partial charge in [0.2, 0.25) is 5.88 Å². The van der Waals surface area contributed by atoms with Crippen molar-refractivity contribution in [2.45, 2.75) is 18.4 Å². The molecular weight excluding hydrogens is 344 g/mol. The molecule has 23 heavy (non-hydrogen) atoms. The summed E-state index contributed by atoms with van der Waals surface area (Å²) in [6, 6.07) is 4.06. The molecule has 2 rings (SSSR count). The molecule has 1 N–H and O–H groups in total. The van der Waals surface area contributed by atoms with Gasteiger partial charge < -0.3 is 9.84 Å². The van der Waals surface area contributed by atoms with Gasteiger partial charge in [0.25, 0.3) is 0 Å². The third-order valence-electron chi connectivity index (χ3n) is 3.15. The maximum Gasteiger partial charge on any atom is 0.337 e. The number of halogens is 1. The zero-order valence-corrected chi connectivity index (χ0v) is 14.3. The van der Waals surface area contributed by atoms with Crippen molar-refractivity contribution in [1.29, 1.82) is 0 Å². The van der Waals surface area contributed by atoms with Crippen LogP contribution < -0.4 is 4.74 Å². The van der Waals surface area contributed by atoms with E-state index in [0.717, 1.165) is 11.9 Å². The molecule has 7 nitrogen and oxygen atoms in total. The molecular formula is C14H15ClN2O5S. The Labute approximate surface area is 138 Å². The summed E-state index contributed by atoms with van der Waals surface area (Å²) in [6.07, 6.45) is 1.02. The van der Waals surface area contributed by atoms with E-state index in [-0.39, 0.29) is 27.7 Å². The van der Waals surface area contributed by atoms with Gasteiger partial charge in [-0.3, -0.25) is 0 Å². The molecule has 0 fully saturated rings. The van der Waals surface area contributed by atoms with Gasteiger partial charge in [0.05, 0.1) is 21.2 Å². The molecule has 124 valence electrons. The maximum absolute atomic E-state index is 11.9. The van der Waals surface area contributed by atoms with Crippen LogP contribution in [-0.4, -0.2) is 35.5 Å². The van der Waals surface area contributed by atoms with Crippen LogP contribution in [0.1, 0.15) is 21.6 Å². The van der Waals surface area contributed by atoms with Gasteiger partial charge in [-0.05, 0) is 19.1 Å². The second-order valence-corrected chi connectivity index (χ2v) is 7.38. The molecule has 1 heterocycles. The van der Waals surface area contributed by atoms with Crippen molar-refractivity contribution in [3.63, 3.8) is 0 Å². The lowest BCUT2D eigenvalue weighted by Crippen LogP contribution is -2.10. The van der Waals surface area contributed by atoms with Crippen LogP contribution in [0, 0.1) is 6.92 Å². The highest BCUT2D eigenvalue weighted by Gasteiger charge is 2.22. The lowest BCUT2D eigenvalue weighted by molar-refractivity contribution is 0.0696. The molecule has 0 saturated carbocycles. The molecule has 0 unspecified atom stereocenters. The Bertz CT molecular complexity index is 874. The number of rotatable bonds is 5. The summed E-state index contributed by atoms with van der Waals surface area (Å²) < 4.78 is 30.8. The maximum atomic E-state index is 11.9. The number of aryl methyl sites for hydroxylation is 2. The first-order chi connectivity index (χ1) is 10.6. The summed E-state index contributed by atoms with van der Waals surface area (Å²) in [7, 11) is -1.91. The van der Waals surface area contributed by atoms with Gasteiger partial charge in [-0.15, -0.1) is 0 Å². The number of sulfone groups is 1. The van der Waals surface area contributed by atoms with Crippen molar-refractivity contribution in [3.05, 3.63) is 40.0 Å². The Morgan fingerprint density at radius 2 is 2.09 bits per heavy atom. The van der Waals surface area contributed by atoms with Gasteiger partial charge in [0.1, 0.15) is 6.61 Å². The number of carboxylic acids is 1. The van der Waals surface area contributed by atoms with Gasteiger partial charge in [0, 0.05) is 24.9 Å². The fourth-order valence-corrected chi connectivity index (χ4v) is 3.40. The molecule has 2 aromatic rings. The Morgan fingerprint density at radius 3 is 2.57 bits per heavy atom. The van der Waals surface area contributed by atoms with E-state index in [1.165, 1.54) is 16.8 Å². The fraction of sp³-hybridized carbons (Fsp3) is 0.286.